The lowest BCUT2D eigenvalue weighted by Gasteiger charge is -2.25. The summed E-state index contributed by atoms with van der Waals surface area (Å²) in [5.41, 5.74) is 0.256. The molecule has 0 spiro atoms. The van der Waals surface area contributed by atoms with Gasteiger partial charge in [-0.2, -0.15) is 0 Å². The maximum atomic E-state index is 5.42. The van der Waals surface area contributed by atoms with Crippen molar-refractivity contribution in [1.82, 2.24) is 0 Å². The molecule has 1 heterocycles. The first-order chi connectivity index (χ1) is 4.50. The molecule has 0 aliphatic carbocycles. The molecule has 1 unspecified atom stereocenters. The van der Waals surface area contributed by atoms with Crippen molar-refractivity contribution in [2.24, 2.45) is 5.41 Å². The largest absolute Gasteiger partial charge is 0.496 e. The molecule has 10 heavy (non-hydrogen) atoms. The van der Waals surface area contributed by atoms with Gasteiger partial charge < -0.3 is 4.74 Å². The normalized spacial score (nSPS) is 26.0. The van der Waals surface area contributed by atoms with Gasteiger partial charge >= 0.3 is 0 Å². The Morgan fingerprint density at radius 1 is 1.60 bits per heavy atom. The number of hydrogen-bond acceptors (Lipinski definition) is 1. The second kappa shape index (κ2) is 2.57. The van der Waals surface area contributed by atoms with Gasteiger partial charge in [0, 0.05) is 10.9 Å². The van der Waals surface area contributed by atoms with Crippen LogP contribution in [0.1, 0.15) is 27.2 Å². The predicted octanol–water partition coefficient (Wildman–Crippen LogP) is 3.06. The molecule has 0 aromatic carbocycles. The van der Waals surface area contributed by atoms with Crippen LogP contribution in [0.5, 0.6) is 0 Å². The summed E-state index contributed by atoms with van der Waals surface area (Å²) < 4.78 is 6.59. The molecule has 0 radical (unpaired) electrons. The average molecular weight is 205 g/mol. The first-order valence-corrected chi connectivity index (χ1v) is 4.29. The molecule has 1 aliphatic rings. The van der Waals surface area contributed by atoms with Crippen molar-refractivity contribution < 1.29 is 4.74 Å². The Balaban J connectivity index is 2.50. The summed E-state index contributed by atoms with van der Waals surface area (Å²) in [6.07, 6.45) is 3.17. The molecule has 58 valence electrons. The molecule has 1 aliphatic heterocycles. The van der Waals surface area contributed by atoms with Crippen molar-refractivity contribution in [3.8, 4) is 0 Å². The number of ether oxygens (including phenoxy) is 1. The van der Waals surface area contributed by atoms with Crippen molar-refractivity contribution in [2.45, 2.75) is 33.3 Å². The van der Waals surface area contributed by atoms with E-state index in [1.807, 2.05) is 0 Å². The third-order valence-electron chi connectivity index (χ3n) is 1.71. The third-order valence-corrected chi connectivity index (χ3v) is 2.22. The second-order valence-corrected chi connectivity index (χ2v) is 4.78. The van der Waals surface area contributed by atoms with E-state index in [1.165, 1.54) is 4.48 Å². The first kappa shape index (κ1) is 8.12. The van der Waals surface area contributed by atoms with E-state index in [2.05, 4.69) is 36.7 Å². The van der Waals surface area contributed by atoms with Gasteiger partial charge in [0.15, 0.2) is 0 Å². The fraction of sp³-hybridized carbons (Fsp3) is 0.750. The molecular formula is C8H13BrO. The van der Waals surface area contributed by atoms with E-state index in [9.17, 15) is 0 Å². The van der Waals surface area contributed by atoms with E-state index in [-0.39, 0.29) is 5.41 Å². The zero-order valence-corrected chi connectivity index (χ0v) is 8.23. The summed E-state index contributed by atoms with van der Waals surface area (Å²) in [6, 6.07) is 0. The Labute approximate surface area is 70.6 Å². The highest BCUT2D eigenvalue weighted by Crippen LogP contribution is 2.34. The SMILES string of the molecule is CC(C)(C)C1CC(Br)=CO1. The molecule has 1 nitrogen and oxygen atoms in total. The van der Waals surface area contributed by atoms with Crippen LogP contribution in [0.3, 0.4) is 0 Å². The monoisotopic (exact) mass is 204 g/mol. The molecule has 0 amide bonds. The summed E-state index contributed by atoms with van der Waals surface area (Å²) in [6.45, 7) is 6.57. The van der Waals surface area contributed by atoms with Crippen molar-refractivity contribution in [3.05, 3.63) is 10.7 Å². The van der Waals surface area contributed by atoms with E-state index in [0.717, 1.165) is 6.42 Å². The Kier molecular flexibility index (Phi) is 2.09. The minimum Gasteiger partial charge on any atom is -0.496 e. The van der Waals surface area contributed by atoms with Gasteiger partial charge in [0.25, 0.3) is 0 Å². The number of rotatable bonds is 0. The molecule has 0 bridgehead atoms. The van der Waals surface area contributed by atoms with Crippen LogP contribution in [0.4, 0.5) is 0 Å². The molecule has 0 fully saturated rings. The van der Waals surface area contributed by atoms with E-state index in [4.69, 9.17) is 4.74 Å². The maximum absolute atomic E-state index is 5.42. The number of hydrogen-bond donors (Lipinski definition) is 0. The van der Waals surface area contributed by atoms with E-state index in [1.54, 1.807) is 6.26 Å². The van der Waals surface area contributed by atoms with Crippen molar-refractivity contribution in [2.75, 3.05) is 0 Å². The minimum atomic E-state index is 0.256. The summed E-state index contributed by atoms with van der Waals surface area (Å²) in [4.78, 5) is 0. The fourth-order valence-corrected chi connectivity index (χ4v) is 1.34. The van der Waals surface area contributed by atoms with Crippen molar-refractivity contribution in [3.63, 3.8) is 0 Å². The van der Waals surface area contributed by atoms with Crippen LogP contribution in [-0.4, -0.2) is 6.10 Å². The lowest BCUT2D eigenvalue weighted by atomic mass is 9.88. The highest BCUT2D eigenvalue weighted by Gasteiger charge is 2.29. The molecule has 0 saturated carbocycles. The summed E-state index contributed by atoms with van der Waals surface area (Å²) >= 11 is 3.41. The third kappa shape index (κ3) is 1.75. The fourth-order valence-electron chi connectivity index (χ4n) is 0.940. The summed E-state index contributed by atoms with van der Waals surface area (Å²) in [5, 5.41) is 0. The lowest BCUT2D eigenvalue weighted by Crippen LogP contribution is -2.24. The Hall–Kier alpha value is 0.0200. The van der Waals surface area contributed by atoms with Crippen LogP contribution in [0.2, 0.25) is 0 Å². The van der Waals surface area contributed by atoms with Gasteiger partial charge in [-0.15, -0.1) is 0 Å². The number of halogens is 1. The first-order valence-electron chi connectivity index (χ1n) is 3.50. The zero-order valence-electron chi connectivity index (χ0n) is 6.65. The van der Waals surface area contributed by atoms with Gasteiger partial charge in [-0.05, 0) is 5.41 Å². The van der Waals surface area contributed by atoms with Crippen LogP contribution in [0.25, 0.3) is 0 Å². The predicted molar refractivity (Wildman–Crippen MR) is 46.0 cm³/mol. The topological polar surface area (TPSA) is 9.23 Å². The summed E-state index contributed by atoms with van der Waals surface area (Å²) in [7, 11) is 0. The van der Waals surface area contributed by atoms with E-state index < -0.39 is 0 Å². The smallest absolute Gasteiger partial charge is 0.107 e. The van der Waals surface area contributed by atoms with Gasteiger partial charge in [0.2, 0.25) is 0 Å². The summed E-state index contributed by atoms with van der Waals surface area (Å²) in [5.74, 6) is 0. The van der Waals surface area contributed by atoms with Gasteiger partial charge in [-0.3, -0.25) is 0 Å². The Bertz CT molecular complexity index is 155. The highest BCUT2D eigenvalue weighted by molar-refractivity contribution is 9.11. The lowest BCUT2D eigenvalue weighted by molar-refractivity contribution is 0.0661. The Morgan fingerprint density at radius 2 is 2.20 bits per heavy atom. The van der Waals surface area contributed by atoms with Crippen LogP contribution in [-0.2, 0) is 4.74 Å². The van der Waals surface area contributed by atoms with Crippen LogP contribution in [0, 0.1) is 5.41 Å². The van der Waals surface area contributed by atoms with Crippen LogP contribution >= 0.6 is 15.9 Å². The second-order valence-electron chi connectivity index (χ2n) is 3.76. The molecule has 1 rings (SSSR count). The Morgan fingerprint density at radius 3 is 2.40 bits per heavy atom. The molecule has 0 aromatic rings. The quantitative estimate of drug-likeness (QED) is 0.590. The molecule has 2 heteroatoms. The molecule has 1 atom stereocenters. The van der Waals surface area contributed by atoms with Crippen LogP contribution < -0.4 is 0 Å². The minimum absolute atomic E-state index is 0.256. The van der Waals surface area contributed by atoms with E-state index in [0.29, 0.717) is 6.10 Å². The van der Waals surface area contributed by atoms with Gasteiger partial charge in [0.1, 0.15) is 6.10 Å². The standard InChI is InChI=1S/C8H13BrO/c1-8(2,3)7-4-6(9)5-10-7/h5,7H,4H2,1-3H3. The van der Waals surface area contributed by atoms with E-state index >= 15 is 0 Å². The van der Waals surface area contributed by atoms with Crippen molar-refractivity contribution >= 4 is 15.9 Å². The van der Waals surface area contributed by atoms with Gasteiger partial charge in [0.05, 0.1) is 6.26 Å². The van der Waals surface area contributed by atoms with Crippen molar-refractivity contribution in [1.29, 1.82) is 0 Å². The van der Waals surface area contributed by atoms with Gasteiger partial charge in [-0.25, -0.2) is 0 Å². The zero-order chi connectivity index (χ0) is 7.78. The highest BCUT2D eigenvalue weighted by atomic mass is 79.9. The molecule has 0 saturated heterocycles. The molecular weight excluding hydrogens is 192 g/mol. The van der Waals surface area contributed by atoms with Gasteiger partial charge in [-0.1, -0.05) is 36.7 Å². The maximum Gasteiger partial charge on any atom is 0.107 e. The van der Waals surface area contributed by atoms with Crippen LogP contribution in [0.15, 0.2) is 10.7 Å². The molecule has 0 aromatic heterocycles. The average Bonchev–Trinajstić information content (AvgIpc) is 2.11. The molecule has 0 N–H and O–H groups in total.